The van der Waals surface area contributed by atoms with Crippen molar-refractivity contribution in [1.29, 1.82) is 0 Å². The van der Waals surface area contributed by atoms with E-state index in [-0.39, 0.29) is 5.28 Å². The van der Waals surface area contributed by atoms with Crippen LogP contribution >= 0.6 is 23.2 Å². The molecular weight excluding hydrogens is 309 g/mol. The van der Waals surface area contributed by atoms with Crippen LogP contribution in [0.15, 0.2) is 24.3 Å². The Kier molecular flexibility index (Phi) is 5.59. The highest BCUT2D eigenvalue weighted by molar-refractivity contribution is 6.31. The Hall–Kier alpha value is -1.59. The standard InChI is InChI=1S/C14H17Cl2N5/c1-3-8-17-13-18-12(16)19-14(20-13)21(2)9-10-6-4-5-7-11(10)15/h4-7H,3,8-9H2,1-2H3,(H,17,18,19,20). The van der Waals surface area contributed by atoms with Crippen molar-refractivity contribution >= 4 is 35.1 Å². The minimum absolute atomic E-state index is 0.171. The summed E-state index contributed by atoms with van der Waals surface area (Å²) in [6.07, 6.45) is 0.980. The second-order valence-electron chi connectivity index (χ2n) is 4.60. The molecule has 0 amide bonds. The van der Waals surface area contributed by atoms with Gasteiger partial charge in [-0.25, -0.2) is 0 Å². The number of anilines is 2. The number of rotatable bonds is 6. The first kappa shape index (κ1) is 15.8. The van der Waals surface area contributed by atoms with Gasteiger partial charge < -0.3 is 10.2 Å². The van der Waals surface area contributed by atoms with Gasteiger partial charge in [-0.1, -0.05) is 36.7 Å². The van der Waals surface area contributed by atoms with Crippen LogP contribution in [0.1, 0.15) is 18.9 Å². The molecule has 21 heavy (non-hydrogen) atoms. The van der Waals surface area contributed by atoms with Gasteiger partial charge in [0.05, 0.1) is 0 Å². The van der Waals surface area contributed by atoms with E-state index in [1.54, 1.807) is 0 Å². The third-order valence-corrected chi connectivity index (χ3v) is 3.37. The van der Waals surface area contributed by atoms with Gasteiger partial charge >= 0.3 is 0 Å². The summed E-state index contributed by atoms with van der Waals surface area (Å²) in [5.74, 6) is 0.992. The lowest BCUT2D eigenvalue weighted by Crippen LogP contribution is -2.20. The number of halogens is 2. The molecule has 1 aromatic carbocycles. The van der Waals surface area contributed by atoms with E-state index in [9.17, 15) is 0 Å². The molecule has 1 aromatic heterocycles. The first-order chi connectivity index (χ1) is 10.1. The molecule has 2 aromatic rings. The lowest BCUT2D eigenvalue weighted by atomic mass is 10.2. The van der Waals surface area contributed by atoms with E-state index in [2.05, 4.69) is 27.2 Å². The van der Waals surface area contributed by atoms with E-state index in [0.717, 1.165) is 18.5 Å². The third-order valence-electron chi connectivity index (χ3n) is 2.84. The van der Waals surface area contributed by atoms with Gasteiger partial charge in [-0.2, -0.15) is 15.0 Å². The van der Waals surface area contributed by atoms with Crippen LogP contribution in [0.25, 0.3) is 0 Å². The molecule has 0 saturated heterocycles. The quantitative estimate of drug-likeness (QED) is 0.878. The third kappa shape index (κ3) is 4.44. The summed E-state index contributed by atoms with van der Waals surface area (Å²) < 4.78 is 0. The Balaban J connectivity index is 2.16. The highest BCUT2D eigenvalue weighted by atomic mass is 35.5. The minimum Gasteiger partial charge on any atom is -0.354 e. The second kappa shape index (κ2) is 7.43. The normalized spacial score (nSPS) is 10.5. The summed E-state index contributed by atoms with van der Waals surface area (Å²) >= 11 is 12.1. The fourth-order valence-electron chi connectivity index (χ4n) is 1.78. The van der Waals surface area contributed by atoms with Gasteiger partial charge in [0.25, 0.3) is 0 Å². The number of hydrogen-bond donors (Lipinski definition) is 1. The monoisotopic (exact) mass is 325 g/mol. The Labute approximate surface area is 134 Å². The molecule has 0 aliphatic rings. The van der Waals surface area contributed by atoms with Gasteiger partial charge in [0, 0.05) is 25.2 Å². The van der Waals surface area contributed by atoms with Crippen LogP contribution in [-0.2, 0) is 6.54 Å². The van der Waals surface area contributed by atoms with E-state index in [0.29, 0.717) is 23.5 Å². The van der Waals surface area contributed by atoms with Crippen LogP contribution in [-0.4, -0.2) is 28.5 Å². The highest BCUT2D eigenvalue weighted by Crippen LogP contribution is 2.19. The maximum absolute atomic E-state index is 6.17. The molecule has 0 saturated carbocycles. The van der Waals surface area contributed by atoms with Crippen molar-refractivity contribution in [3.05, 3.63) is 40.1 Å². The molecule has 0 fully saturated rings. The summed E-state index contributed by atoms with van der Waals surface area (Å²) in [6, 6.07) is 7.68. The molecule has 0 aliphatic heterocycles. The molecule has 0 radical (unpaired) electrons. The Morgan fingerprint density at radius 1 is 1.14 bits per heavy atom. The van der Waals surface area contributed by atoms with Crippen molar-refractivity contribution in [1.82, 2.24) is 15.0 Å². The van der Waals surface area contributed by atoms with Crippen molar-refractivity contribution < 1.29 is 0 Å². The van der Waals surface area contributed by atoms with E-state index >= 15 is 0 Å². The molecule has 0 aliphatic carbocycles. The van der Waals surface area contributed by atoms with Gasteiger partial charge in [0.1, 0.15) is 0 Å². The molecule has 0 atom stereocenters. The summed E-state index contributed by atoms with van der Waals surface area (Å²) in [7, 11) is 1.89. The van der Waals surface area contributed by atoms with Crippen molar-refractivity contribution in [2.75, 3.05) is 23.8 Å². The lowest BCUT2D eigenvalue weighted by Gasteiger charge is -2.18. The van der Waals surface area contributed by atoms with Gasteiger partial charge in [0.2, 0.25) is 17.2 Å². The van der Waals surface area contributed by atoms with E-state index in [1.165, 1.54) is 0 Å². The largest absolute Gasteiger partial charge is 0.354 e. The molecule has 1 heterocycles. The predicted molar refractivity (Wildman–Crippen MR) is 87.2 cm³/mol. The first-order valence-electron chi connectivity index (χ1n) is 6.70. The minimum atomic E-state index is 0.171. The van der Waals surface area contributed by atoms with E-state index in [1.807, 2.05) is 36.2 Å². The first-order valence-corrected chi connectivity index (χ1v) is 7.45. The maximum Gasteiger partial charge on any atom is 0.231 e. The summed E-state index contributed by atoms with van der Waals surface area (Å²) in [5, 5.41) is 3.99. The van der Waals surface area contributed by atoms with Crippen molar-refractivity contribution in [3.8, 4) is 0 Å². The van der Waals surface area contributed by atoms with Crippen molar-refractivity contribution in [3.63, 3.8) is 0 Å². The molecule has 1 N–H and O–H groups in total. The highest BCUT2D eigenvalue weighted by Gasteiger charge is 2.11. The number of hydrogen-bond acceptors (Lipinski definition) is 5. The molecule has 7 heteroatoms. The van der Waals surface area contributed by atoms with E-state index in [4.69, 9.17) is 23.2 Å². The van der Waals surface area contributed by atoms with Gasteiger partial charge in [-0.05, 0) is 29.7 Å². The summed E-state index contributed by atoms with van der Waals surface area (Å²) in [5.41, 5.74) is 1.00. The van der Waals surface area contributed by atoms with Gasteiger partial charge in [-0.15, -0.1) is 0 Å². The average Bonchev–Trinajstić information content (AvgIpc) is 2.47. The molecule has 0 unspecified atom stereocenters. The van der Waals surface area contributed by atoms with Crippen LogP contribution < -0.4 is 10.2 Å². The average molecular weight is 326 g/mol. The molecular formula is C14H17Cl2N5. The van der Waals surface area contributed by atoms with Crippen LogP contribution in [0.5, 0.6) is 0 Å². The van der Waals surface area contributed by atoms with Crippen molar-refractivity contribution in [2.45, 2.75) is 19.9 Å². The Bertz CT molecular complexity index is 606. The fraction of sp³-hybridized carbons (Fsp3) is 0.357. The van der Waals surface area contributed by atoms with Crippen LogP contribution in [0.3, 0.4) is 0 Å². The Morgan fingerprint density at radius 3 is 2.62 bits per heavy atom. The zero-order valence-corrected chi connectivity index (χ0v) is 13.5. The predicted octanol–water partition coefficient (Wildman–Crippen LogP) is 3.64. The molecule has 112 valence electrons. The number of nitrogens with one attached hydrogen (secondary N) is 1. The van der Waals surface area contributed by atoms with Crippen molar-refractivity contribution in [2.24, 2.45) is 0 Å². The Morgan fingerprint density at radius 2 is 1.90 bits per heavy atom. The zero-order valence-electron chi connectivity index (χ0n) is 12.0. The lowest BCUT2D eigenvalue weighted by molar-refractivity contribution is 0.848. The molecule has 5 nitrogen and oxygen atoms in total. The number of aromatic nitrogens is 3. The fourth-order valence-corrected chi connectivity index (χ4v) is 2.13. The zero-order chi connectivity index (χ0) is 15.2. The smallest absolute Gasteiger partial charge is 0.231 e. The second-order valence-corrected chi connectivity index (χ2v) is 5.35. The summed E-state index contributed by atoms with van der Waals surface area (Å²) in [6.45, 7) is 3.45. The molecule has 2 rings (SSSR count). The number of benzene rings is 1. The van der Waals surface area contributed by atoms with Gasteiger partial charge in [0.15, 0.2) is 0 Å². The molecule has 0 bridgehead atoms. The van der Waals surface area contributed by atoms with Gasteiger partial charge in [-0.3, -0.25) is 0 Å². The SMILES string of the molecule is CCCNc1nc(Cl)nc(N(C)Cc2ccccc2Cl)n1. The van der Waals surface area contributed by atoms with Crippen LogP contribution in [0.2, 0.25) is 10.3 Å². The maximum atomic E-state index is 6.17. The van der Waals surface area contributed by atoms with Crippen LogP contribution in [0.4, 0.5) is 11.9 Å². The number of nitrogens with zero attached hydrogens (tertiary/aromatic N) is 4. The van der Waals surface area contributed by atoms with Crippen LogP contribution in [0, 0.1) is 0 Å². The summed E-state index contributed by atoms with van der Waals surface area (Å²) in [4.78, 5) is 14.5. The topological polar surface area (TPSA) is 53.9 Å². The van der Waals surface area contributed by atoms with E-state index < -0.39 is 0 Å². The molecule has 0 spiro atoms.